The first-order valence-electron chi connectivity index (χ1n) is 7.25. The van der Waals surface area contributed by atoms with Crippen molar-refractivity contribution in [3.63, 3.8) is 0 Å². The summed E-state index contributed by atoms with van der Waals surface area (Å²) in [4.78, 5) is 13.0. The average Bonchev–Trinajstić information content (AvgIpc) is 3.07. The molecule has 120 valence electrons. The SMILES string of the molecule is CCNCc1cc(-c2cn3ncnc3c(OC)n2)c(OC)cn1. The van der Waals surface area contributed by atoms with E-state index in [-0.39, 0.29) is 0 Å². The van der Waals surface area contributed by atoms with Crippen molar-refractivity contribution in [2.75, 3.05) is 20.8 Å². The molecule has 0 saturated carbocycles. The molecule has 0 unspecified atom stereocenters. The number of fused-ring (bicyclic) bond motifs is 1. The van der Waals surface area contributed by atoms with Gasteiger partial charge in [-0.2, -0.15) is 5.10 Å². The third-order valence-electron chi connectivity index (χ3n) is 3.40. The van der Waals surface area contributed by atoms with E-state index in [4.69, 9.17) is 9.47 Å². The van der Waals surface area contributed by atoms with Crippen molar-refractivity contribution in [2.24, 2.45) is 0 Å². The fourth-order valence-corrected chi connectivity index (χ4v) is 2.27. The van der Waals surface area contributed by atoms with Gasteiger partial charge in [0, 0.05) is 12.1 Å². The van der Waals surface area contributed by atoms with Crippen LogP contribution in [0.1, 0.15) is 12.6 Å². The molecule has 0 fully saturated rings. The van der Waals surface area contributed by atoms with Crippen LogP contribution in [-0.2, 0) is 6.54 Å². The van der Waals surface area contributed by atoms with Crippen LogP contribution in [0.4, 0.5) is 0 Å². The molecule has 8 nitrogen and oxygen atoms in total. The van der Waals surface area contributed by atoms with Gasteiger partial charge in [0.25, 0.3) is 5.88 Å². The van der Waals surface area contributed by atoms with Crippen LogP contribution in [0.3, 0.4) is 0 Å². The van der Waals surface area contributed by atoms with Gasteiger partial charge in [-0.15, -0.1) is 0 Å². The number of rotatable bonds is 6. The largest absolute Gasteiger partial charge is 0.494 e. The number of methoxy groups -OCH3 is 2. The number of nitrogens with zero attached hydrogens (tertiary/aromatic N) is 5. The molecule has 3 rings (SSSR count). The van der Waals surface area contributed by atoms with Crippen LogP contribution in [0, 0.1) is 0 Å². The zero-order chi connectivity index (χ0) is 16.2. The quantitative estimate of drug-likeness (QED) is 0.734. The van der Waals surface area contributed by atoms with E-state index < -0.39 is 0 Å². The first-order chi connectivity index (χ1) is 11.3. The molecule has 1 N–H and O–H groups in total. The van der Waals surface area contributed by atoms with Crippen LogP contribution >= 0.6 is 0 Å². The minimum atomic E-state index is 0.409. The van der Waals surface area contributed by atoms with E-state index in [1.54, 1.807) is 31.1 Å². The van der Waals surface area contributed by atoms with Crippen molar-refractivity contribution in [3.8, 4) is 22.9 Å². The summed E-state index contributed by atoms with van der Waals surface area (Å²) in [6.07, 6.45) is 4.95. The summed E-state index contributed by atoms with van der Waals surface area (Å²) in [6.45, 7) is 3.60. The van der Waals surface area contributed by atoms with Gasteiger partial charge in [0.05, 0.1) is 38.0 Å². The second-order valence-corrected chi connectivity index (χ2v) is 4.82. The van der Waals surface area contributed by atoms with E-state index in [1.807, 2.05) is 6.07 Å². The number of nitrogens with one attached hydrogen (secondary N) is 1. The summed E-state index contributed by atoms with van der Waals surface area (Å²) in [5, 5.41) is 7.41. The molecule has 0 aliphatic heterocycles. The van der Waals surface area contributed by atoms with Gasteiger partial charge in [0.1, 0.15) is 12.1 Å². The Morgan fingerprint density at radius 3 is 2.83 bits per heavy atom. The van der Waals surface area contributed by atoms with Gasteiger partial charge in [-0.1, -0.05) is 6.92 Å². The lowest BCUT2D eigenvalue weighted by atomic mass is 10.1. The Kier molecular flexibility index (Phi) is 4.33. The Hall–Kier alpha value is -2.74. The first kappa shape index (κ1) is 15.2. The monoisotopic (exact) mass is 314 g/mol. The highest BCUT2D eigenvalue weighted by Crippen LogP contribution is 2.30. The lowest BCUT2D eigenvalue weighted by Gasteiger charge is -2.11. The zero-order valence-corrected chi connectivity index (χ0v) is 13.3. The van der Waals surface area contributed by atoms with Crippen LogP contribution in [0.25, 0.3) is 16.9 Å². The van der Waals surface area contributed by atoms with E-state index in [1.165, 1.54) is 6.33 Å². The maximum absolute atomic E-state index is 5.42. The lowest BCUT2D eigenvalue weighted by Crippen LogP contribution is -2.13. The van der Waals surface area contributed by atoms with E-state index in [0.717, 1.165) is 17.8 Å². The molecule has 0 aliphatic rings. The van der Waals surface area contributed by atoms with Crippen molar-refractivity contribution in [1.29, 1.82) is 0 Å². The van der Waals surface area contributed by atoms with Gasteiger partial charge in [-0.05, 0) is 12.6 Å². The number of pyridine rings is 1. The summed E-state index contributed by atoms with van der Waals surface area (Å²) in [5.41, 5.74) is 2.97. The summed E-state index contributed by atoms with van der Waals surface area (Å²) in [5.74, 6) is 1.05. The Bertz CT molecular complexity index is 817. The Balaban J connectivity index is 2.12. The molecule has 8 heteroatoms. The van der Waals surface area contributed by atoms with E-state index in [2.05, 4.69) is 32.3 Å². The Morgan fingerprint density at radius 2 is 2.09 bits per heavy atom. The molecule has 0 aliphatic carbocycles. The summed E-state index contributed by atoms with van der Waals surface area (Å²) >= 11 is 0. The summed E-state index contributed by atoms with van der Waals surface area (Å²) in [6, 6.07) is 1.95. The highest BCUT2D eigenvalue weighted by molar-refractivity contribution is 5.68. The second-order valence-electron chi connectivity index (χ2n) is 4.82. The third kappa shape index (κ3) is 2.93. The maximum Gasteiger partial charge on any atom is 0.260 e. The van der Waals surface area contributed by atoms with E-state index >= 15 is 0 Å². The van der Waals surface area contributed by atoms with Gasteiger partial charge < -0.3 is 14.8 Å². The summed E-state index contributed by atoms with van der Waals surface area (Å²) in [7, 11) is 3.16. The molecule has 23 heavy (non-hydrogen) atoms. The molecule has 3 heterocycles. The topological polar surface area (TPSA) is 86.5 Å². The van der Waals surface area contributed by atoms with Crippen molar-refractivity contribution < 1.29 is 9.47 Å². The molecule has 0 aromatic carbocycles. The fourth-order valence-electron chi connectivity index (χ4n) is 2.27. The van der Waals surface area contributed by atoms with Crippen LogP contribution in [0.2, 0.25) is 0 Å². The smallest absolute Gasteiger partial charge is 0.260 e. The summed E-state index contributed by atoms with van der Waals surface area (Å²) < 4.78 is 12.4. The fraction of sp³-hybridized carbons (Fsp3) is 0.333. The predicted molar refractivity (Wildman–Crippen MR) is 84.5 cm³/mol. The van der Waals surface area contributed by atoms with Gasteiger partial charge in [-0.3, -0.25) is 4.98 Å². The molecular weight excluding hydrogens is 296 g/mol. The van der Waals surface area contributed by atoms with Crippen LogP contribution in [-0.4, -0.2) is 45.3 Å². The van der Waals surface area contributed by atoms with Gasteiger partial charge in [0.15, 0.2) is 0 Å². The number of ether oxygens (including phenoxy) is 2. The van der Waals surface area contributed by atoms with Gasteiger partial charge in [-0.25, -0.2) is 14.5 Å². The molecule has 3 aromatic heterocycles. The minimum absolute atomic E-state index is 0.409. The number of hydrogen-bond donors (Lipinski definition) is 1. The highest BCUT2D eigenvalue weighted by Gasteiger charge is 2.14. The normalized spacial score (nSPS) is 10.9. The van der Waals surface area contributed by atoms with Gasteiger partial charge in [0.2, 0.25) is 5.65 Å². The van der Waals surface area contributed by atoms with E-state index in [9.17, 15) is 0 Å². The lowest BCUT2D eigenvalue weighted by molar-refractivity contribution is 0.399. The third-order valence-corrected chi connectivity index (χ3v) is 3.40. The number of aromatic nitrogens is 5. The number of hydrogen-bond acceptors (Lipinski definition) is 7. The molecule has 0 bridgehead atoms. The molecule has 0 atom stereocenters. The van der Waals surface area contributed by atoms with Crippen LogP contribution in [0.15, 0.2) is 24.8 Å². The molecule has 3 aromatic rings. The molecule has 0 radical (unpaired) electrons. The molecule has 0 amide bonds. The Morgan fingerprint density at radius 1 is 1.22 bits per heavy atom. The van der Waals surface area contributed by atoms with E-state index in [0.29, 0.717) is 29.5 Å². The van der Waals surface area contributed by atoms with Crippen LogP contribution < -0.4 is 14.8 Å². The molecular formula is C15H18N6O2. The maximum atomic E-state index is 5.42. The van der Waals surface area contributed by atoms with Crippen LogP contribution in [0.5, 0.6) is 11.6 Å². The van der Waals surface area contributed by atoms with Crippen molar-refractivity contribution in [2.45, 2.75) is 13.5 Å². The second kappa shape index (κ2) is 6.57. The molecule has 0 saturated heterocycles. The Labute approximate surface area is 133 Å². The zero-order valence-electron chi connectivity index (χ0n) is 13.3. The molecule has 0 spiro atoms. The average molecular weight is 314 g/mol. The van der Waals surface area contributed by atoms with Crippen molar-refractivity contribution >= 4 is 5.65 Å². The van der Waals surface area contributed by atoms with Gasteiger partial charge >= 0.3 is 0 Å². The van der Waals surface area contributed by atoms with Crippen molar-refractivity contribution in [1.82, 2.24) is 29.9 Å². The predicted octanol–water partition coefficient (Wildman–Crippen LogP) is 1.31. The minimum Gasteiger partial charge on any atom is -0.494 e. The first-order valence-corrected chi connectivity index (χ1v) is 7.25. The van der Waals surface area contributed by atoms with Crippen molar-refractivity contribution in [3.05, 3.63) is 30.5 Å². The highest BCUT2D eigenvalue weighted by atomic mass is 16.5. The standard InChI is InChI=1S/C15H18N6O2/c1-4-16-6-10-5-11(13(22-2)7-17-10)12-8-21-14(18-9-19-21)15(20-12)23-3/h5,7-9,16H,4,6H2,1-3H3.